The molecular formula is C15H20F2N2O4S. The molecule has 0 bridgehead atoms. The molecule has 9 heteroatoms. The number of amides is 1. The van der Waals surface area contributed by atoms with E-state index in [1.807, 2.05) is 0 Å². The van der Waals surface area contributed by atoms with Crippen LogP contribution in [0.25, 0.3) is 0 Å². The van der Waals surface area contributed by atoms with Crippen LogP contribution >= 0.6 is 0 Å². The number of sulfonamides is 1. The van der Waals surface area contributed by atoms with E-state index >= 15 is 0 Å². The number of ether oxygens (including phenoxy) is 1. The third-order valence-corrected chi connectivity index (χ3v) is 5.40. The second-order valence-corrected chi connectivity index (χ2v) is 7.62. The van der Waals surface area contributed by atoms with Crippen molar-refractivity contribution < 1.29 is 26.7 Å². The molecule has 2 rings (SSSR count). The topological polar surface area (TPSA) is 75.7 Å². The number of morpholine rings is 1. The number of alkyl halides is 2. The van der Waals surface area contributed by atoms with Crippen molar-refractivity contribution in [1.82, 2.24) is 9.62 Å². The lowest BCUT2D eigenvalue weighted by Crippen LogP contribution is -2.40. The minimum atomic E-state index is -3.57. The van der Waals surface area contributed by atoms with Crippen LogP contribution < -0.4 is 5.32 Å². The molecule has 1 aliphatic heterocycles. The van der Waals surface area contributed by atoms with Crippen molar-refractivity contribution in [3.63, 3.8) is 0 Å². The van der Waals surface area contributed by atoms with Gasteiger partial charge in [-0.3, -0.25) is 4.79 Å². The molecule has 0 atom stereocenters. The van der Waals surface area contributed by atoms with Crippen molar-refractivity contribution in [2.45, 2.75) is 30.7 Å². The number of hydrogen-bond donors (Lipinski definition) is 1. The highest BCUT2D eigenvalue weighted by Gasteiger charge is 2.26. The van der Waals surface area contributed by atoms with E-state index in [0.717, 1.165) is 0 Å². The first kappa shape index (κ1) is 18.8. The van der Waals surface area contributed by atoms with Gasteiger partial charge in [0.25, 0.3) is 5.92 Å². The first-order valence-electron chi connectivity index (χ1n) is 7.50. The molecule has 0 aromatic heterocycles. The zero-order chi connectivity index (χ0) is 17.8. The van der Waals surface area contributed by atoms with Crippen LogP contribution in [-0.4, -0.2) is 50.9 Å². The maximum absolute atomic E-state index is 12.7. The van der Waals surface area contributed by atoms with Crippen LogP contribution in [-0.2, 0) is 26.1 Å². The Morgan fingerprint density at radius 2 is 1.83 bits per heavy atom. The Kier molecular flexibility index (Phi) is 5.89. The summed E-state index contributed by atoms with van der Waals surface area (Å²) in [4.78, 5) is 11.5. The smallest absolute Gasteiger partial charge is 0.254 e. The standard InChI is InChI=1S/C15H20F2N2O4S/c1-15(16,17)10-14(20)18-11-12-2-4-13(5-3-12)24(21,22)19-6-8-23-9-7-19/h2-5H,6-11H2,1H3,(H,18,20). The Balaban J connectivity index is 1.96. The van der Waals surface area contributed by atoms with E-state index in [2.05, 4.69) is 5.32 Å². The van der Waals surface area contributed by atoms with Gasteiger partial charge in [0.2, 0.25) is 15.9 Å². The maximum Gasteiger partial charge on any atom is 0.254 e. The van der Waals surface area contributed by atoms with Crippen molar-refractivity contribution in [2.75, 3.05) is 26.3 Å². The largest absolute Gasteiger partial charge is 0.379 e. The third-order valence-electron chi connectivity index (χ3n) is 3.49. The lowest BCUT2D eigenvalue weighted by molar-refractivity contribution is -0.127. The monoisotopic (exact) mass is 362 g/mol. The fourth-order valence-corrected chi connectivity index (χ4v) is 3.67. The average Bonchev–Trinajstić information content (AvgIpc) is 2.52. The first-order valence-corrected chi connectivity index (χ1v) is 8.94. The summed E-state index contributed by atoms with van der Waals surface area (Å²) >= 11 is 0. The van der Waals surface area contributed by atoms with Gasteiger partial charge in [-0.05, 0) is 24.6 Å². The summed E-state index contributed by atoms with van der Waals surface area (Å²) in [7, 11) is -3.57. The number of nitrogens with one attached hydrogen (secondary N) is 1. The molecule has 1 fully saturated rings. The predicted molar refractivity (Wildman–Crippen MR) is 83.1 cm³/mol. The molecule has 1 saturated heterocycles. The Bertz CT molecular complexity index is 666. The summed E-state index contributed by atoms with van der Waals surface area (Å²) in [5.41, 5.74) is 0.628. The van der Waals surface area contributed by atoms with Crippen LogP contribution in [0.3, 0.4) is 0 Å². The van der Waals surface area contributed by atoms with Gasteiger partial charge >= 0.3 is 0 Å². The molecule has 1 aromatic carbocycles. The summed E-state index contributed by atoms with van der Waals surface area (Å²) in [6.07, 6.45) is -0.878. The van der Waals surface area contributed by atoms with Gasteiger partial charge in [-0.2, -0.15) is 4.31 Å². The second-order valence-electron chi connectivity index (χ2n) is 5.68. The van der Waals surface area contributed by atoms with E-state index in [4.69, 9.17) is 4.74 Å². The molecule has 0 saturated carbocycles. The van der Waals surface area contributed by atoms with E-state index < -0.39 is 28.3 Å². The number of rotatable bonds is 6. The number of nitrogens with zero attached hydrogens (tertiary/aromatic N) is 1. The van der Waals surface area contributed by atoms with Crippen molar-refractivity contribution in [1.29, 1.82) is 0 Å². The highest BCUT2D eigenvalue weighted by molar-refractivity contribution is 7.89. The van der Waals surface area contributed by atoms with Gasteiger partial charge in [-0.1, -0.05) is 12.1 Å². The van der Waals surface area contributed by atoms with Crippen LogP contribution in [0, 0.1) is 0 Å². The number of halogens is 2. The fourth-order valence-electron chi connectivity index (χ4n) is 2.26. The number of hydrogen-bond acceptors (Lipinski definition) is 4. The molecule has 0 unspecified atom stereocenters. The first-order chi connectivity index (χ1) is 11.2. The number of carbonyl (C=O) groups excluding carboxylic acids is 1. The third kappa shape index (κ3) is 5.22. The van der Waals surface area contributed by atoms with Crippen LogP contribution in [0.1, 0.15) is 18.9 Å². The molecule has 1 N–H and O–H groups in total. The molecule has 0 radical (unpaired) electrons. The van der Waals surface area contributed by atoms with Gasteiger partial charge in [0, 0.05) is 19.6 Å². The Morgan fingerprint density at radius 3 is 2.38 bits per heavy atom. The Hall–Kier alpha value is -1.58. The van der Waals surface area contributed by atoms with Gasteiger partial charge < -0.3 is 10.1 Å². The molecule has 0 spiro atoms. The lowest BCUT2D eigenvalue weighted by atomic mass is 10.2. The molecule has 0 aliphatic carbocycles. The summed E-state index contributed by atoms with van der Waals surface area (Å²) < 4.78 is 56.8. The van der Waals surface area contributed by atoms with E-state index in [0.29, 0.717) is 38.8 Å². The van der Waals surface area contributed by atoms with Gasteiger partial charge in [0.05, 0.1) is 24.5 Å². The van der Waals surface area contributed by atoms with Crippen LogP contribution in [0.2, 0.25) is 0 Å². The zero-order valence-electron chi connectivity index (χ0n) is 13.3. The average molecular weight is 362 g/mol. The number of benzene rings is 1. The lowest BCUT2D eigenvalue weighted by Gasteiger charge is -2.26. The highest BCUT2D eigenvalue weighted by Crippen LogP contribution is 2.18. The maximum atomic E-state index is 12.7. The van der Waals surface area contributed by atoms with Crippen molar-refractivity contribution in [2.24, 2.45) is 0 Å². The SMILES string of the molecule is CC(F)(F)CC(=O)NCc1ccc(S(=O)(=O)N2CCOCC2)cc1. The summed E-state index contributed by atoms with van der Waals surface area (Å²) in [6, 6.07) is 6.00. The van der Waals surface area contributed by atoms with Gasteiger partial charge in [0.1, 0.15) is 0 Å². The van der Waals surface area contributed by atoms with Crippen molar-refractivity contribution in [3.05, 3.63) is 29.8 Å². The van der Waals surface area contributed by atoms with Crippen LogP contribution in [0.5, 0.6) is 0 Å². The molecule has 6 nitrogen and oxygen atoms in total. The number of carbonyl (C=O) groups is 1. The molecular weight excluding hydrogens is 342 g/mol. The minimum absolute atomic E-state index is 0.0623. The normalized spacial score (nSPS) is 16.8. The van der Waals surface area contributed by atoms with Crippen LogP contribution in [0.4, 0.5) is 8.78 Å². The Labute approximate surface area is 139 Å². The molecule has 134 valence electrons. The van der Waals surface area contributed by atoms with Gasteiger partial charge in [0.15, 0.2) is 0 Å². The zero-order valence-corrected chi connectivity index (χ0v) is 14.1. The van der Waals surface area contributed by atoms with E-state index in [9.17, 15) is 22.0 Å². The summed E-state index contributed by atoms with van der Waals surface area (Å²) in [6.45, 7) is 2.10. The predicted octanol–water partition coefficient (Wildman–Crippen LogP) is 1.37. The Morgan fingerprint density at radius 1 is 1.25 bits per heavy atom. The van der Waals surface area contributed by atoms with E-state index in [1.165, 1.54) is 16.4 Å². The van der Waals surface area contributed by atoms with E-state index in [1.54, 1.807) is 12.1 Å². The van der Waals surface area contributed by atoms with E-state index in [-0.39, 0.29) is 11.4 Å². The van der Waals surface area contributed by atoms with Crippen molar-refractivity contribution in [3.8, 4) is 0 Å². The fraction of sp³-hybridized carbons (Fsp3) is 0.533. The quantitative estimate of drug-likeness (QED) is 0.829. The van der Waals surface area contributed by atoms with Crippen LogP contribution in [0.15, 0.2) is 29.2 Å². The van der Waals surface area contributed by atoms with Gasteiger partial charge in [-0.15, -0.1) is 0 Å². The minimum Gasteiger partial charge on any atom is -0.379 e. The molecule has 1 heterocycles. The molecule has 1 aromatic rings. The molecule has 1 amide bonds. The summed E-state index contributed by atoms with van der Waals surface area (Å²) in [5.74, 6) is -3.81. The van der Waals surface area contributed by atoms with Gasteiger partial charge in [-0.25, -0.2) is 17.2 Å². The second kappa shape index (κ2) is 7.54. The van der Waals surface area contributed by atoms with Crippen molar-refractivity contribution >= 4 is 15.9 Å². The molecule has 24 heavy (non-hydrogen) atoms. The molecule has 1 aliphatic rings. The highest BCUT2D eigenvalue weighted by atomic mass is 32.2. The summed E-state index contributed by atoms with van der Waals surface area (Å²) in [5, 5.41) is 2.38.